The number of nitrogens with zero attached hydrogens (tertiary/aromatic N) is 3. The zero-order valence-electron chi connectivity index (χ0n) is 16.8. The molecule has 31 heavy (non-hydrogen) atoms. The molecule has 3 rings (SSSR count). The van der Waals surface area contributed by atoms with Gasteiger partial charge in [-0.2, -0.15) is 18.2 Å². The number of rotatable bonds is 8. The minimum atomic E-state index is -4.73. The van der Waals surface area contributed by atoms with E-state index in [1.807, 2.05) is 0 Å². The Bertz CT molecular complexity index is 1150. The third-order valence-electron chi connectivity index (χ3n) is 4.18. The number of aromatic nitrogens is 3. The van der Waals surface area contributed by atoms with Gasteiger partial charge in [0, 0.05) is 18.9 Å². The Kier molecular flexibility index (Phi) is 6.65. The molecule has 2 heterocycles. The van der Waals surface area contributed by atoms with Crippen molar-refractivity contribution >= 4 is 22.2 Å². The van der Waals surface area contributed by atoms with Gasteiger partial charge < -0.3 is 9.84 Å². The highest BCUT2D eigenvalue weighted by Gasteiger charge is 2.38. The summed E-state index contributed by atoms with van der Waals surface area (Å²) in [4.78, 5) is 3.34. The SMILES string of the molecule is CC(C)CNCc1ccc(S(=O)(=O)n2ccc(C=Cc3noc(C(F)(F)F)n3)c2)cc1. The lowest BCUT2D eigenvalue weighted by Crippen LogP contribution is -2.19. The van der Waals surface area contributed by atoms with E-state index < -0.39 is 22.1 Å². The molecule has 0 aliphatic carbocycles. The van der Waals surface area contributed by atoms with Gasteiger partial charge >= 0.3 is 12.1 Å². The number of alkyl halides is 3. The Labute approximate surface area is 177 Å². The number of benzene rings is 1. The fourth-order valence-corrected chi connectivity index (χ4v) is 3.84. The molecule has 0 saturated carbocycles. The molecule has 166 valence electrons. The minimum absolute atomic E-state index is 0.124. The van der Waals surface area contributed by atoms with Crippen molar-refractivity contribution in [2.75, 3.05) is 6.54 Å². The van der Waals surface area contributed by atoms with E-state index in [1.54, 1.807) is 12.1 Å². The largest absolute Gasteiger partial charge is 0.471 e. The molecule has 0 atom stereocenters. The third kappa shape index (κ3) is 5.82. The van der Waals surface area contributed by atoms with Crippen LogP contribution in [-0.4, -0.2) is 29.1 Å². The van der Waals surface area contributed by atoms with Crippen LogP contribution in [0.2, 0.25) is 0 Å². The molecule has 0 amide bonds. The molecule has 0 spiro atoms. The molecule has 1 N–H and O–H groups in total. The van der Waals surface area contributed by atoms with Crippen LogP contribution in [0.25, 0.3) is 12.2 Å². The van der Waals surface area contributed by atoms with E-state index in [0.29, 0.717) is 18.0 Å². The van der Waals surface area contributed by atoms with E-state index in [9.17, 15) is 21.6 Å². The van der Waals surface area contributed by atoms with E-state index >= 15 is 0 Å². The summed E-state index contributed by atoms with van der Waals surface area (Å²) in [5, 5.41) is 6.51. The molecule has 0 fully saturated rings. The molecule has 0 bridgehead atoms. The number of hydrogen-bond acceptors (Lipinski definition) is 6. The lowest BCUT2D eigenvalue weighted by Gasteiger charge is -2.09. The number of hydrogen-bond donors (Lipinski definition) is 1. The van der Waals surface area contributed by atoms with Crippen molar-refractivity contribution in [2.24, 2.45) is 5.92 Å². The first kappa shape index (κ1) is 22.8. The zero-order chi connectivity index (χ0) is 22.6. The molecular formula is C20H21F3N4O3S. The molecule has 2 aromatic heterocycles. The number of halogens is 3. The highest BCUT2D eigenvalue weighted by Crippen LogP contribution is 2.27. The van der Waals surface area contributed by atoms with E-state index in [1.165, 1.54) is 42.7 Å². The Morgan fingerprint density at radius 2 is 1.87 bits per heavy atom. The van der Waals surface area contributed by atoms with Crippen molar-refractivity contribution in [3.63, 3.8) is 0 Å². The average Bonchev–Trinajstić information content (AvgIpc) is 3.36. The van der Waals surface area contributed by atoms with Crippen molar-refractivity contribution in [1.82, 2.24) is 19.4 Å². The summed E-state index contributed by atoms with van der Waals surface area (Å²) in [5.41, 5.74) is 1.41. The van der Waals surface area contributed by atoms with Gasteiger partial charge in [0.15, 0.2) is 5.82 Å². The maximum atomic E-state index is 12.8. The maximum Gasteiger partial charge on any atom is 0.471 e. The summed E-state index contributed by atoms with van der Waals surface area (Å²) in [6.07, 6.45) is 0.556. The van der Waals surface area contributed by atoms with Crippen molar-refractivity contribution < 1.29 is 26.1 Å². The fraction of sp³-hybridized carbons (Fsp3) is 0.300. The third-order valence-corrected chi connectivity index (χ3v) is 5.83. The van der Waals surface area contributed by atoms with Crippen LogP contribution in [0.3, 0.4) is 0 Å². The zero-order valence-corrected chi connectivity index (χ0v) is 17.6. The van der Waals surface area contributed by atoms with Crippen LogP contribution in [-0.2, 0) is 22.7 Å². The summed E-state index contributed by atoms with van der Waals surface area (Å²) in [6, 6.07) is 8.07. The van der Waals surface area contributed by atoms with Crippen LogP contribution in [0.5, 0.6) is 0 Å². The Hall–Kier alpha value is -2.92. The molecule has 0 aliphatic rings. The molecule has 0 radical (unpaired) electrons. The predicted molar refractivity (Wildman–Crippen MR) is 108 cm³/mol. The topological polar surface area (TPSA) is 90.0 Å². The second-order valence-corrected chi connectivity index (χ2v) is 9.08. The first-order valence-corrected chi connectivity index (χ1v) is 10.8. The van der Waals surface area contributed by atoms with E-state index in [0.717, 1.165) is 16.1 Å². The molecule has 3 aromatic rings. The van der Waals surface area contributed by atoms with Crippen molar-refractivity contribution in [2.45, 2.75) is 31.5 Å². The lowest BCUT2D eigenvalue weighted by atomic mass is 10.2. The molecule has 0 saturated heterocycles. The summed E-state index contributed by atoms with van der Waals surface area (Å²) in [6.45, 7) is 5.71. The molecule has 0 unspecified atom stereocenters. The Balaban J connectivity index is 1.70. The van der Waals surface area contributed by atoms with Crippen LogP contribution < -0.4 is 5.32 Å². The highest BCUT2D eigenvalue weighted by molar-refractivity contribution is 7.90. The quantitative estimate of drug-likeness (QED) is 0.553. The van der Waals surface area contributed by atoms with Gasteiger partial charge in [0.2, 0.25) is 0 Å². The molecule has 1 aromatic carbocycles. The van der Waals surface area contributed by atoms with Gasteiger partial charge in [-0.3, -0.25) is 0 Å². The maximum absolute atomic E-state index is 12.8. The highest BCUT2D eigenvalue weighted by atomic mass is 32.2. The van der Waals surface area contributed by atoms with Crippen LogP contribution >= 0.6 is 0 Å². The van der Waals surface area contributed by atoms with Crippen LogP contribution in [0.1, 0.15) is 36.7 Å². The van der Waals surface area contributed by atoms with Gasteiger partial charge in [-0.05, 0) is 53.9 Å². The molecule has 11 heteroatoms. The average molecular weight is 454 g/mol. The fourth-order valence-electron chi connectivity index (χ4n) is 2.64. The molecular weight excluding hydrogens is 433 g/mol. The first-order chi connectivity index (χ1) is 14.6. The Morgan fingerprint density at radius 3 is 2.48 bits per heavy atom. The van der Waals surface area contributed by atoms with Crippen LogP contribution in [0, 0.1) is 5.92 Å². The van der Waals surface area contributed by atoms with Crippen LogP contribution in [0.15, 0.2) is 52.1 Å². The second-order valence-electron chi connectivity index (χ2n) is 7.24. The van der Waals surface area contributed by atoms with Gasteiger partial charge in [-0.25, -0.2) is 12.4 Å². The Morgan fingerprint density at radius 1 is 1.16 bits per heavy atom. The summed E-state index contributed by atoms with van der Waals surface area (Å²) >= 11 is 0. The van der Waals surface area contributed by atoms with Gasteiger partial charge in [0.1, 0.15) is 0 Å². The smallest absolute Gasteiger partial charge is 0.329 e. The summed E-state index contributed by atoms with van der Waals surface area (Å²) in [5.74, 6) is -1.21. The van der Waals surface area contributed by atoms with E-state index in [2.05, 4.69) is 33.8 Å². The van der Waals surface area contributed by atoms with Gasteiger partial charge in [-0.15, -0.1) is 0 Å². The van der Waals surface area contributed by atoms with Crippen molar-refractivity contribution in [3.05, 3.63) is 65.6 Å². The standard InChI is InChI=1S/C20H21F3N4O3S/c1-14(2)11-24-12-15-3-6-17(7-4-15)31(28,29)27-10-9-16(13-27)5-8-18-25-19(30-26-18)20(21,22)23/h3-10,13-14,24H,11-12H2,1-2H3. The monoisotopic (exact) mass is 454 g/mol. The van der Waals surface area contributed by atoms with Gasteiger partial charge in [0.25, 0.3) is 10.0 Å². The summed E-state index contributed by atoms with van der Waals surface area (Å²) in [7, 11) is -3.80. The van der Waals surface area contributed by atoms with Gasteiger partial charge in [-0.1, -0.05) is 31.1 Å². The minimum Gasteiger partial charge on any atom is -0.329 e. The lowest BCUT2D eigenvalue weighted by molar-refractivity contribution is -0.159. The van der Waals surface area contributed by atoms with Crippen LogP contribution in [0.4, 0.5) is 13.2 Å². The molecule has 0 aliphatic heterocycles. The second kappa shape index (κ2) is 9.06. The molecule has 7 nitrogen and oxygen atoms in total. The first-order valence-electron chi connectivity index (χ1n) is 9.38. The van der Waals surface area contributed by atoms with E-state index in [4.69, 9.17) is 0 Å². The van der Waals surface area contributed by atoms with Crippen molar-refractivity contribution in [3.8, 4) is 0 Å². The van der Waals surface area contributed by atoms with Crippen molar-refractivity contribution in [1.29, 1.82) is 0 Å². The normalized spacial score (nSPS) is 12.8. The predicted octanol–water partition coefficient (Wildman–Crippen LogP) is 4.04. The van der Waals surface area contributed by atoms with Gasteiger partial charge in [0.05, 0.1) is 4.90 Å². The van der Waals surface area contributed by atoms with E-state index in [-0.39, 0.29) is 10.7 Å². The summed E-state index contributed by atoms with van der Waals surface area (Å²) < 4.78 is 68.2. The number of nitrogens with one attached hydrogen (secondary N) is 1.